The highest BCUT2D eigenvalue weighted by Crippen LogP contribution is 2.16. The molecule has 0 radical (unpaired) electrons. The molecule has 21 heavy (non-hydrogen) atoms. The summed E-state index contributed by atoms with van der Waals surface area (Å²) in [7, 11) is 0. The molecule has 0 atom stereocenters. The van der Waals surface area contributed by atoms with Crippen LogP contribution in [0, 0.1) is 20.8 Å². The molecule has 2 rings (SSSR count). The number of carboxylic acid groups (broad SMARTS) is 1. The average molecular weight is 285 g/mol. The van der Waals surface area contributed by atoms with E-state index in [9.17, 15) is 9.59 Å². The van der Waals surface area contributed by atoms with Gasteiger partial charge in [0.15, 0.2) is 5.43 Å². The smallest absolute Gasteiger partial charge is 0.303 e. The zero-order chi connectivity index (χ0) is 15.6. The summed E-state index contributed by atoms with van der Waals surface area (Å²) < 4.78 is 1.94. The van der Waals surface area contributed by atoms with Crippen molar-refractivity contribution in [2.24, 2.45) is 0 Å². The number of benzene rings is 1. The second kappa shape index (κ2) is 5.95. The Morgan fingerprint density at radius 2 is 1.86 bits per heavy atom. The molecule has 1 N–H and O–H groups in total. The van der Waals surface area contributed by atoms with Crippen molar-refractivity contribution in [3.05, 3.63) is 63.1 Å². The van der Waals surface area contributed by atoms with Crippen LogP contribution >= 0.6 is 0 Å². The first-order valence-corrected chi connectivity index (χ1v) is 6.90. The van der Waals surface area contributed by atoms with Crippen LogP contribution < -0.4 is 5.43 Å². The maximum atomic E-state index is 12.0. The lowest BCUT2D eigenvalue weighted by Gasteiger charge is -2.14. The molecule has 0 unspecified atom stereocenters. The third kappa shape index (κ3) is 3.40. The Hall–Kier alpha value is -2.36. The van der Waals surface area contributed by atoms with E-state index in [1.165, 1.54) is 11.1 Å². The third-order valence-corrected chi connectivity index (χ3v) is 3.70. The summed E-state index contributed by atoms with van der Waals surface area (Å²) in [6.45, 7) is 5.97. The average Bonchev–Trinajstić information content (AvgIpc) is 2.41. The molecule has 1 heterocycles. The van der Waals surface area contributed by atoms with Gasteiger partial charge in [-0.3, -0.25) is 9.59 Å². The number of carbonyl (C=O) groups is 1. The first-order valence-electron chi connectivity index (χ1n) is 6.90. The Bertz CT molecular complexity index is 744. The predicted molar refractivity (Wildman–Crippen MR) is 82.2 cm³/mol. The molecule has 2 aromatic rings. The number of aryl methyl sites for hydroxylation is 4. The van der Waals surface area contributed by atoms with Crippen molar-refractivity contribution in [2.45, 2.75) is 33.6 Å². The van der Waals surface area contributed by atoms with Gasteiger partial charge in [-0.1, -0.05) is 6.07 Å². The number of hydrogen-bond acceptors (Lipinski definition) is 2. The molecular weight excluding hydrogens is 266 g/mol. The van der Waals surface area contributed by atoms with Crippen molar-refractivity contribution >= 4 is 5.97 Å². The number of aliphatic carboxylic acids is 1. The molecule has 0 aliphatic carbocycles. The van der Waals surface area contributed by atoms with E-state index in [4.69, 9.17) is 5.11 Å². The summed E-state index contributed by atoms with van der Waals surface area (Å²) in [5, 5.41) is 8.76. The van der Waals surface area contributed by atoms with Crippen molar-refractivity contribution in [3.63, 3.8) is 0 Å². The summed E-state index contributed by atoms with van der Waals surface area (Å²) >= 11 is 0. The molecule has 0 aliphatic rings. The van der Waals surface area contributed by atoms with Crippen LogP contribution in [-0.2, 0) is 11.2 Å². The van der Waals surface area contributed by atoms with Crippen LogP contribution in [0.2, 0.25) is 0 Å². The van der Waals surface area contributed by atoms with E-state index in [0.717, 1.165) is 11.4 Å². The zero-order valence-electron chi connectivity index (χ0n) is 12.5. The molecule has 1 aromatic heterocycles. The van der Waals surface area contributed by atoms with E-state index < -0.39 is 5.97 Å². The third-order valence-electron chi connectivity index (χ3n) is 3.70. The minimum absolute atomic E-state index is 0.0365. The minimum Gasteiger partial charge on any atom is -0.481 e. The lowest BCUT2D eigenvalue weighted by atomic mass is 10.1. The van der Waals surface area contributed by atoms with Gasteiger partial charge in [-0.2, -0.15) is 0 Å². The highest BCUT2D eigenvalue weighted by molar-refractivity contribution is 5.67. The summed E-state index contributed by atoms with van der Waals surface area (Å²) in [5.41, 5.74) is 4.63. The lowest BCUT2D eigenvalue weighted by molar-refractivity contribution is -0.136. The van der Waals surface area contributed by atoms with Crippen molar-refractivity contribution in [1.29, 1.82) is 0 Å². The Morgan fingerprint density at radius 3 is 2.48 bits per heavy atom. The number of carboxylic acids is 1. The summed E-state index contributed by atoms with van der Waals surface area (Å²) in [6, 6.07) is 7.67. The van der Waals surface area contributed by atoms with Gasteiger partial charge in [-0.25, -0.2) is 0 Å². The van der Waals surface area contributed by atoms with Gasteiger partial charge < -0.3 is 9.67 Å². The van der Waals surface area contributed by atoms with Gasteiger partial charge in [0, 0.05) is 35.6 Å². The van der Waals surface area contributed by atoms with E-state index in [2.05, 4.69) is 13.0 Å². The van der Waals surface area contributed by atoms with Gasteiger partial charge in [-0.05, 0) is 50.5 Å². The molecule has 0 aliphatic heterocycles. The van der Waals surface area contributed by atoms with Gasteiger partial charge in [0.05, 0.1) is 0 Å². The first kappa shape index (κ1) is 15.0. The normalized spacial score (nSPS) is 10.6. The van der Waals surface area contributed by atoms with Gasteiger partial charge in [0.2, 0.25) is 0 Å². The second-order valence-corrected chi connectivity index (χ2v) is 5.34. The van der Waals surface area contributed by atoms with E-state index >= 15 is 0 Å². The fourth-order valence-corrected chi connectivity index (χ4v) is 2.26. The highest BCUT2D eigenvalue weighted by Gasteiger charge is 2.08. The van der Waals surface area contributed by atoms with Crippen LogP contribution in [0.4, 0.5) is 0 Å². The molecule has 0 spiro atoms. The van der Waals surface area contributed by atoms with Crippen molar-refractivity contribution < 1.29 is 9.90 Å². The van der Waals surface area contributed by atoms with E-state index in [0.29, 0.717) is 5.56 Å². The monoisotopic (exact) mass is 285 g/mol. The molecule has 110 valence electrons. The summed E-state index contributed by atoms with van der Waals surface area (Å²) in [4.78, 5) is 22.6. The number of rotatable bonds is 4. The van der Waals surface area contributed by atoms with Gasteiger partial charge >= 0.3 is 5.97 Å². The van der Waals surface area contributed by atoms with Crippen LogP contribution in [0.3, 0.4) is 0 Å². The Kier molecular flexibility index (Phi) is 4.26. The highest BCUT2D eigenvalue weighted by atomic mass is 16.4. The second-order valence-electron chi connectivity index (χ2n) is 5.34. The largest absolute Gasteiger partial charge is 0.481 e. The SMILES string of the molecule is Cc1ccc(-n2cc(CCC(=O)O)c(=O)cc2C)cc1C. The molecule has 0 saturated heterocycles. The van der Waals surface area contributed by atoms with Crippen LogP contribution in [-0.4, -0.2) is 15.6 Å². The molecule has 1 aromatic carbocycles. The van der Waals surface area contributed by atoms with Gasteiger partial charge in [-0.15, -0.1) is 0 Å². The molecular formula is C17H19NO3. The maximum absolute atomic E-state index is 12.0. The minimum atomic E-state index is -0.896. The van der Waals surface area contributed by atoms with Crippen molar-refractivity contribution in [2.75, 3.05) is 0 Å². The van der Waals surface area contributed by atoms with E-state index in [1.807, 2.05) is 30.5 Å². The molecule has 0 bridgehead atoms. The Balaban J connectivity index is 2.47. The quantitative estimate of drug-likeness (QED) is 0.939. The molecule has 0 fully saturated rings. The van der Waals surface area contributed by atoms with Crippen molar-refractivity contribution in [1.82, 2.24) is 4.57 Å². The first-order chi connectivity index (χ1) is 9.88. The molecule has 4 nitrogen and oxygen atoms in total. The zero-order valence-corrected chi connectivity index (χ0v) is 12.5. The van der Waals surface area contributed by atoms with E-state index in [-0.39, 0.29) is 18.3 Å². The van der Waals surface area contributed by atoms with Gasteiger partial charge in [0.25, 0.3) is 0 Å². The van der Waals surface area contributed by atoms with Crippen molar-refractivity contribution in [3.8, 4) is 5.69 Å². The molecule has 0 saturated carbocycles. The molecule has 4 heteroatoms. The standard InChI is InChI=1S/C17H19NO3/c1-11-4-6-15(8-12(11)2)18-10-14(5-7-17(20)21)16(19)9-13(18)3/h4,6,8-10H,5,7H2,1-3H3,(H,20,21). The van der Waals surface area contributed by atoms with Crippen LogP contribution in [0.5, 0.6) is 0 Å². The fourth-order valence-electron chi connectivity index (χ4n) is 2.26. The van der Waals surface area contributed by atoms with Crippen LogP contribution in [0.1, 0.15) is 28.8 Å². The van der Waals surface area contributed by atoms with Crippen LogP contribution in [0.15, 0.2) is 35.3 Å². The van der Waals surface area contributed by atoms with E-state index in [1.54, 1.807) is 12.3 Å². The number of nitrogens with zero attached hydrogens (tertiary/aromatic N) is 1. The number of aromatic nitrogens is 1. The summed E-state index contributed by atoms with van der Waals surface area (Å²) in [6.07, 6.45) is 1.97. The topological polar surface area (TPSA) is 59.3 Å². The summed E-state index contributed by atoms with van der Waals surface area (Å²) in [5.74, 6) is -0.896. The van der Waals surface area contributed by atoms with Crippen LogP contribution in [0.25, 0.3) is 5.69 Å². The lowest BCUT2D eigenvalue weighted by Crippen LogP contribution is -2.15. The Labute approximate surface area is 123 Å². The number of pyridine rings is 1. The fraction of sp³-hybridized carbons (Fsp3) is 0.294. The van der Waals surface area contributed by atoms with Gasteiger partial charge in [0.1, 0.15) is 0 Å². The maximum Gasteiger partial charge on any atom is 0.303 e. The molecule has 0 amide bonds. The predicted octanol–water partition coefficient (Wildman–Crippen LogP) is 2.78. The number of hydrogen-bond donors (Lipinski definition) is 1. The Morgan fingerprint density at radius 1 is 1.14 bits per heavy atom.